The number of halogens is 3. The molecule has 0 amide bonds. The highest BCUT2D eigenvalue weighted by atomic mass is 19.4. The summed E-state index contributed by atoms with van der Waals surface area (Å²) in [5, 5.41) is 0.654. The van der Waals surface area contributed by atoms with Crippen LogP contribution in [0.4, 0.5) is 13.2 Å². The molecule has 0 radical (unpaired) electrons. The number of pyridine rings is 1. The topological polar surface area (TPSA) is 12.9 Å². The van der Waals surface area contributed by atoms with Crippen LogP contribution in [-0.4, -0.2) is 4.98 Å². The zero-order chi connectivity index (χ0) is 20.4. The SMILES string of the molecule is Cc1ccc2nc(C(F)(F)F)c(C#Cc3ccccc3)c(-c3ccccc3)c2c1. The van der Waals surface area contributed by atoms with Crippen LogP contribution in [0.25, 0.3) is 22.0 Å². The average molecular weight is 387 g/mol. The first kappa shape index (κ1) is 18.8. The van der Waals surface area contributed by atoms with Gasteiger partial charge in [0.2, 0.25) is 0 Å². The van der Waals surface area contributed by atoms with Crippen LogP contribution < -0.4 is 0 Å². The summed E-state index contributed by atoms with van der Waals surface area (Å²) >= 11 is 0. The van der Waals surface area contributed by atoms with Gasteiger partial charge in [-0.2, -0.15) is 13.2 Å². The molecular formula is C25H16F3N. The van der Waals surface area contributed by atoms with Crippen molar-refractivity contribution in [1.29, 1.82) is 0 Å². The fourth-order valence-corrected chi connectivity index (χ4v) is 3.26. The van der Waals surface area contributed by atoms with Gasteiger partial charge in [0.05, 0.1) is 11.1 Å². The lowest BCUT2D eigenvalue weighted by molar-refractivity contribution is -0.141. The first-order valence-corrected chi connectivity index (χ1v) is 9.07. The van der Waals surface area contributed by atoms with Crippen LogP contribution in [0.1, 0.15) is 22.4 Å². The minimum absolute atomic E-state index is 0.106. The number of alkyl halides is 3. The zero-order valence-electron chi connectivity index (χ0n) is 15.6. The third-order valence-corrected chi connectivity index (χ3v) is 4.58. The van der Waals surface area contributed by atoms with E-state index in [4.69, 9.17) is 0 Å². The highest BCUT2D eigenvalue weighted by Gasteiger charge is 2.37. The van der Waals surface area contributed by atoms with Gasteiger partial charge in [0.1, 0.15) is 0 Å². The molecule has 1 nitrogen and oxygen atoms in total. The molecule has 0 N–H and O–H groups in total. The lowest BCUT2D eigenvalue weighted by Gasteiger charge is -2.16. The van der Waals surface area contributed by atoms with Gasteiger partial charge in [-0.05, 0) is 36.8 Å². The third-order valence-electron chi connectivity index (χ3n) is 4.58. The van der Waals surface area contributed by atoms with E-state index in [2.05, 4.69) is 16.8 Å². The van der Waals surface area contributed by atoms with Crippen LogP contribution in [-0.2, 0) is 6.18 Å². The maximum absolute atomic E-state index is 13.9. The van der Waals surface area contributed by atoms with Crippen molar-refractivity contribution < 1.29 is 13.2 Å². The van der Waals surface area contributed by atoms with Crippen LogP contribution in [0.3, 0.4) is 0 Å². The molecule has 0 bridgehead atoms. The number of fused-ring (bicyclic) bond motifs is 1. The molecule has 4 heteroatoms. The maximum Gasteiger partial charge on any atom is 0.434 e. The van der Waals surface area contributed by atoms with Gasteiger partial charge >= 0.3 is 6.18 Å². The Balaban J connectivity index is 2.12. The lowest BCUT2D eigenvalue weighted by atomic mass is 9.93. The summed E-state index contributed by atoms with van der Waals surface area (Å²) in [5.74, 6) is 5.66. The van der Waals surface area contributed by atoms with E-state index in [1.165, 1.54) is 0 Å². The van der Waals surface area contributed by atoms with Crippen LogP contribution >= 0.6 is 0 Å². The van der Waals surface area contributed by atoms with Crippen LogP contribution in [0.2, 0.25) is 0 Å². The highest BCUT2D eigenvalue weighted by molar-refractivity contribution is 5.98. The second kappa shape index (κ2) is 7.44. The lowest BCUT2D eigenvalue weighted by Crippen LogP contribution is -2.12. The summed E-state index contributed by atoms with van der Waals surface area (Å²) < 4.78 is 41.8. The predicted molar refractivity (Wildman–Crippen MR) is 109 cm³/mol. The second-order valence-corrected chi connectivity index (χ2v) is 6.71. The number of hydrogen-bond donors (Lipinski definition) is 0. The van der Waals surface area contributed by atoms with Gasteiger partial charge in [-0.25, -0.2) is 4.98 Å². The summed E-state index contributed by atoms with van der Waals surface area (Å²) in [6, 6.07) is 23.2. The van der Waals surface area contributed by atoms with E-state index < -0.39 is 11.9 Å². The molecule has 0 aliphatic carbocycles. The second-order valence-electron chi connectivity index (χ2n) is 6.71. The molecular weight excluding hydrogens is 371 g/mol. The van der Waals surface area contributed by atoms with Crippen molar-refractivity contribution in [3.63, 3.8) is 0 Å². The molecule has 142 valence electrons. The quantitative estimate of drug-likeness (QED) is 0.334. The summed E-state index contributed by atoms with van der Waals surface area (Å²) in [4.78, 5) is 3.96. The Morgan fingerprint density at radius 1 is 0.793 bits per heavy atom. The molecule has 0 saturated carbocycles. The molecule has 0 aliphatic rings. The van der Waals surface area contributed by atoms with E-state index >= 15 is 0 Å². The smallest absolute Gasteiger partial charge is 0.242 e. The van der Waals surface area contributed by atoms with E-state index in [9.17, 15) is 13.2 Å². The van der Waals surface area contributed by atoms with Crippen molar-refractivity contribution in [2.45, 2.75) is 13.1 Å². The summed E-state index contributed by atoms with van der Waals surface area (Å²) in [6.07, 6.45) is -4.62. The Bertz CT molecular complexity index is 1230. The van der Waals surface area contributed by atoms with Crippen molar-refractivity contribution in [2.75, 3.05) is 0 Å². The van der Waals surface area contributed by atoms with Crippen molar-refractivity contribution in [3.8, 4) is 23.0 Å². The summed E-state index contributed by atoms with van der Waals surface area (Å²) in [5.41, 5.74) is 1.94. The largest absolute Gasteiger partial charge is 0.434 e. The first-order valence-electron chi connectivity index (χ1n) is 9.07. The highest BCUT2D eigenvalue weighted by Crippen LogP contribution is 2.39. The molecule has 4 aromatic rings. The van der Waals surface area contributed by atoms with E-state index in [-0.39, 0.29) is 5.56 Å². The van der Waals surface area contributed by atoms with Crippen molar-refractivity contribution in [2.24, 2.45) is 0 Å². The molecule has 0 atom stereocenters. The van der Waals surface area contributed by atoms with Crippen molar-refractivity contribution in [1.82, 2.24) is 4.98 Å². The average Bonchev–Trinajstić information content (AvgIpc) is 2.72. The molecule has 0 aliphatic heterocycles. The van der Waals surface area contributed by atoms with Gasteiger partial charge in [-0.3, -0.25) is 0 Å². The number of aryl methyl sites for hydroxylation is 1. The van der Waals surface area contributed by atoms with Crippen LogP contribution in [0.5, 0.6) is 0 Å². The number of benzene rings is 3. The monoisotopic (exact) mass is 387 g/mol. The Morgan fingerprint density at radius 3 is 2.10 bits per heavy atom. The van der Waals surface area contributed by atoms with Gasteiger partial charge in [0.15, 0.2) is 5.69 Å². The molecule has 3 aromatic carbocycles. The number of aromatic nitrogens is 1. The third kappa shape index (κ3) is 3.86. The van der Waals surface area contributed by atoms with Crippen molar-refractivity contribution >= 4 is 10.9 Å². The summed E-state index contributed by atoms with van der Waals surface area (Å²) in [6.45, 7) is 1.90. The Labute approximate surface area is 166 Å². The number of nitrogens with zero attached hydrogens (tertiary/aromatic N) is 1. The molecule has 29 heavy (non-hydrogen) atoms. The minimum atomic E-state index is -4.62. The normalized spacial score (nSPS) is 11.2. The van der Waals surface area contributed by atoms with Gasteiger partial charge < -0.3 is 0 Å². The minimum Gasteiger partial charge on any atom is -0.242 e. The zero-order valence-corrected chi connectivity index (χ0v) is 15.6. The van der Waals surface area contributed by atoms with Crippen LogP contribution in [0.15, 0.2) is 78.9 Å². The Kier molecular flexibility index (Phi) is 4.82. The van der Waals surface area contributed by atoms with E-state index in [1.807, 2.05) is 25.1 Å². The molecule has 1 aromatic heterocycles. The van der Waals surface area contributed by atoms with Crippen molar-refractivity contribution in [3.05, 3.63) is 101 Å². The first-order chi connectivity index (χ1) is 13.9. The maximum atomic E-state index is 13.9. The number of rotatable bonds is 1. The van der Waals surface area contributed by atoms with Crippen LogP contribution in [0, 0.1) is 18.8 Å². The Hall–Kier alpha value is -3.58. The molecule has 1 heterocycles. The van der Waals surface area contributed by atoms with Gasteiger partial charge in [-0.1, -0.05) is 72.0 Å². The molecule has 0 unspecified atom stereocenters. The van der Waals surface area contributed by atoms with E-state index in [1.54, 1.807) is 60.7 Å². The molecule has 0 saturated heterocycles. The fraction of sp³-hybridized carbons (Fsp3) is 0.0800. The fourth-order valence-electron chi connectivity index (χ4n) is 3.26. The van der Waals surface area contributed by atoms with Gasteiger partial charge in [0, 0.05) is 16.5 Å². The summed E-state index contributed by atoms with van der Waals surface area (Å²) in [7, 11) is 0. The molecule has 0 fully saturated rings. The standard InChI is InChI=1S/C25H16F3N/c1-17-12-15-22-21(16-17)23(19-10-6-3-7-11-19)20(24(29-22)25(26,27)28)14-13-18-8-4-2-5-9-18/h2-12,15-16H,1H3. The number of hydrogen-bond acceptors (Lipinski definition) is 1. The van der Waals surface area contributed by atoms with E-state index in [0.717, 1.165) is 5.56 Å². The van der Waals surface area contributed by atoms with Gasteiger partial charge in [0.25, 0.3) is 0 Å². The predicted octanol–water partition coefficient (Wildman–Crippen LogP) is 6.63. The Morgan fingerprint density at radius 2 is 1.45 bits per heavy atom. The van der Waals surface area contributed by atoms with Gasteiger partial charge in [-0.15, -0.1) is 0 Å². The molecule has 4 rings (SSSR count). The molecule has 0 spiro atoms. The van der Waals surface area contributed by atoms with E-state index in [0.29, 0.717) is 27.6 Å².